The van der Waals surface area contributed by atoms with Gasteiger partial charge in [0.2, 0.25) is 28.5 Å². The lowest BCUT2D eigenvalue weighted by Crippen LogP contribution is -2.31. The molecule has 5 heterocycles. The molecule has 0 aliphatic carbocycles. The number of benzene rings is 13. The van der Waals surface area contributed by atoms with Crippen molar-refractivity contribution in [1.29, 1.82) is 0 Å². The fraction of sp³-hybridized carbons (Fsp3) is 0.202. The average molecular weight is 1750 g/mol. The highest BCUT2D eigenvalue weighted by Gasteiger charge is 2.26. The molecule has 18 aromatic rings. The smallest absolute Gasteiger partial charge is 0.201 e. The van der Waals surface area contributed by atoms with E-state index in [1.807, 2.05) is 0 Å². The molecule has 5 heteroatoms. The highest BCUT2D eigenvalue weighted by Crippen LogP contribution is 2.42. The molecule has 0 N–H and O–H groups in total. The van der Waals surface area contributed by atoms with E-state index in [-0.39, 0.29) is 0 Å². The van der Waals surface area contributed by atoms with E-state index in [9.17, 15) is 0 Å². The van der Waals surface area contributed by atoms with Crippen LogP contribution in [0.25, 0.3) is 145 Å². The molecule has 5 aromatic heterocycles. The Hall–Kier alpha value is -14.4. The Morgan fingerprint density at radius 3 is 0.858 bits per heavy atom. The lowest BCUT2D eigenvalue weighted by Gasteiger charge is -2.16. The highest BCUT2D eigenvalue weighted by atomic mass is 14.9. The van der Waals surface area contributed by atoms with Crippen LogP contribution in [-0.4, -0.2) is 0 Å². The standard InChI is InChI=1S/C30H32N.2C29H30N.C21H22N.C20H20N/c1-19-13-22(4)30(23(5)14-19)28-17-29(31(7)18-24(28)6)27-16-26(20(2)15-21(27)3)25-11-9-8-10-12-25;1-19-11-10-12-20(2)29(19)27-17-28(30(6)18-23(27)5)26-16-25(21(3)15-22(26)4)24-13-8-7-9-14-24;1-19-12-13-25(20(2)14-19)27-17-29(30(6)18-23(27)5)28-16-26(21(3)15-22(28)4)24-10-8-7-9-11-24;1-15-11-12-22(4)21(13-15)20-14-18(10-9-17(20)3)19-8-6-5-7-16(19)2;1-15-8-4-5-9-18(15)17-12-11-16(2)19(14-17)20-10-6-7-13-21(20)3/h8-18H,1-7H3;2*7-18H,1-6H3;5-14H,1-4H3;4-14H,1-3H3/q5*+1. The van der Waals surface area contributed by atoms with Crippen LogP contribution in [0.4, 0.5) is 0 Å². The van der Waals surface area contributed by atoms with Gasteiger partial charge in [-0.15, -0.1) is 0 Å². The van der Waals surface area contributed by atoms with Crippen molar-refractivity contribution in [2.45, 2.75) is 145 Å². The molecule has 0 saturated carbocycles. The Bertz CT molecular complexity index is 7340. The summed E-state index contributed by atoms with van der Waals surface area (Å²) in [5.74, 6) is 0. The molecule has 5 nitrogen and oxygen atoms in total. The van der Waals surface area contributed by atoms with Crippen LogP contribution in [0.1, 0.15) is 117 Å². The molecule has 0 saturated heterocycles. The first kappa shape index (κ1) is 95.7. The van der Waals surface area contributed by atoms with E-state index in [0.29, 0.717) is 0 Å². The summed E-state index contributed by atoms with van der Waals surface area (Å²) in [7, 11) is 10.7. The summed E-state index contributed by atoms with van der Waals surface area (Å²) in [6.07, 6.45) is 11.0. The van der Waals surface area contributed by atoms with Crippen LogP contribution in [0.3, 0.4) is 0 Å². The molecule has 0 unspecified atom stereocenters. The minimum absolute atomic E-state index is 1.24. The van der Waals surface area contributed by atoms with E-state index in [0.717, 1.165) is 0 Å². The SMILES string of the molecule is Cc1cc(C)c(-c2cc(-c3c(C)cccc3C)c(C)c[n+]2C)cc1-c1ccccc1.Cc1cc(C)c(-c2cc(-c3cc(-c4ccccc4)c(C)cc3C)[n+](C)cc2C)c(C)c1.Cc1cc[n+](C)c(-c2cc(-c3ccccc3C)ccc2C)c1.Cc1ccc(-c2cc(-c3cc(-c4ccccc4)c(C)cc3C)[n+](C)cc2C)c(C)c1.Cc1ccccc1-c1ccc(C)c(-c2cccc[n+]2C)c1. The molecular formula is C129H134N5+5. The van der Waals surface area contributed by atoms with E-state index >= 15 is 0 Å². The van der Waals surface area contributed by atoms with Gasteiger partial charge in [0.25, 0.3) is 0 Å². The average Bonchev–Trinajstić information content (AvgIpc) is 0.771. The molecule has 0 spiro atoms. The van der Waals surface area contributed by atoms with E-state index in [1.54, 1.807) is 0 Å². The van der Waals surface area contributed by atoms with Crippen molar-refractivity contribution in [2.75, 3.05) is 0 Å². The molecule has 0 atom stereocenters. The second-order valence-electron chi connectivity index (χ2n) is 37.6. The van der Waals surface area contributed by atoms with E-state index in [4.69, 9.17) is 0 Å². The summed E-state index contributed by atoms with van der Waals surface area (Å²) < 4.78 is 11.2. The van der Waals surface area contributed by atoms with E-state index in [2.05, 4.69) is 544 Å². The Labute approximate surface area is 800 Å². The number of aryl methyl sites for hydroxylation is 26. The third-order valence-corrected chi connectivity index (χ3v) is 26.9. The molecule has 0 aliphatic rings. The lowest BCUT2D eigenvalue weighted by atomic mass is 9.89. The number of pyridine rings is 5. The quantitative estimate of drug-likeness (QED) is 0.103. The van der Waals surface area contributed by atoms with Gasteiger partial charge < -0.3 is 0 Å². The third-order valence-electron chi connectivity index (χ3n) is 26.9. The van der Waals surface area contributed by atoms with Crippen molar-refractivity contribution in [2.24, 2.45) is 35.2 Å². The van der Waals surface area contributed by atoms with Gasteiger partial charge in [0, 0.05) is 87.0 Å². The van der Waals surface area contributed by atoms with E-state index < -0.39 is 0 Å². The largest absolute Gasteiger partial charge is 0.213 e. The number of hydrogen-bond acceptors (Lipinski definition) is 0. The molecule has 0 fully saturated rings. The Morgan fingerprint density at radius 2 is 0.448 bits per heavy atom. The van der Waals surface area contributed by atoms with Crippen molar-refractivity contribution in [3.05, 3.63) is 457 Å². The topological polar surface area (TPSA) is 19.4 Å². The molecule has 0 amide bonds. The minimum atomic E-state index is 1.24. The van der Waals surface area contributed by atoms with Gasteiger partial charge in [-0.2, -0.15) is 0 Å². The first-order valence-electron chi connectivity index (χ1n) is 47.2. The molecule has 134 heavy (non-hydrogen) atoms. The van der Waals surface area contributed by atoms with Gasteiger partial charge in [-0.25, -0.2) is 22.8 Å². The van der Waals surface area contributed by atoms with Gasteiger partial charge in [-0.3, -0.25) is 0 Å². The van der Waals surface area contributed by atoms with Crippen LogP contribution < -0.4 is 22.8 Å². The number of rotatable bonds is 13. The van der Waals surface area contributed by atoms with Crippen LogP contribution >= 0.6 is 0 Å². The maximum Gasteiger partial charge on any atom is 0.213 e. The summed E-state index contributed by atoms with van der Waals surface area (Å²) in [5.41, 5.74) is 61.0. The predicted molar refractivity (Wildman–Crippen MR) is 568 cm³/mol. The van der Waals surface area contributed by atoms with Crippen LogP contribution in [0, 0.1) is 145 Å². The maximum atomic E-state index is 2.38. The van der Waals surface area contributed by atoms with Crippen molar-refractivity contribution in [3.63, 3.8) is 0 Å². The first-order chi connectivity index (χ1) is 64.2. The minimum Gasteiger partial charge on any atom is -0.201 e. The first-order valence-corrected chi connectivity index (χ1v) is 47.2. The maximum absolute atomic E-state index is 2.38. The van der Waals surface area contributed by atoms with Gasteiger partial charge in [0.15, 0.2) is 31.0 Å². The van der Waals surface area contributed by atoms with Crippen molar-refractivity contribution in [3.8, 4) is 145 Å². The third kappa shape index (κ3) is 21.5. The monoisotopic (exact) mass is 1750 g/mol. The lowest BCUT2D eigenvalue weighted by molar-refractivity contribution is -0.660. The van der Waals surface area contributed by atoms with Gasteiger partial charge in [0.1, 0.15) is 35.2 Å². The van der Waals surface area contributed by atoms with E-state index in [1.165, 1.54) is 262 Å². The fourth-order valence-corrected chi connectivity index (χ4v) is 19.8. The molecule has 0 aliphatic heterocycles. The van der Waals surface area contributed by atoms with Crippen molar-refractivity contribution in [1.82, 2.24) is 0 Å². The summed E-state index contributed by atoms with van der Waals surface area (Å²) in [5, 5.41) is 0. The van der Waals surface area contributed by atoms with Gasteiger partial charge in [-0.05, 0) is 360 Å². The Kier molecular flexibility index (Phi) is 30.0. The van der Waals surface area contributed by atoms with Gasteiger partial charge in [-0.1, -0.05) is 242 Å². The van der Waals surface area contributed by atoms with Crippen molar-refractivity contribution >= 4 is 0 Å². The number of aromatic nitrogens is 5. The molecule has 0 radical (unpaired) electrons. The van der Waals surface area contributed by atoms with Crippen LogP contribution in [0.15, 0.2) is 340 Å². The summed E-state index contributed by atoms with van der Waals surface area (Å²) >= 11 is 0. The molecule has 13 aromatic carbocycles. The molecule has 18 rings (SSSR count). The second kappa shape index (κ2) is 42.0. The van der Waals surface area contributed by atoms with Crippen LogP contribution in [0.5, 0.6) is 0 Å². The Morgan fingerprint density at radius 1 is 0.134 bits per heavy atom. The van der Waals surface area contributed by atoms with Gasteiger partial charge >= 0.3 is 0 Å². The molecule has 0 bridgehead atoms. The molecular weight excluding hydrogens is 1620 g/mol. The zero-order valence-electron chi connectivity index (χ0n) is 84.1. The number of hydrogen-bond donors (Lipinski definition) is 0. The number of nitrogens with zero attached hydrogens (tertiary/aromatic N) is 5. The summed E-state index contributed by atoms with van der Waals surface area (Å²) in [4.78, 5) is 0. The zero-order chi connectivity index (χ0) is 95.6. The van der Waals surface area contributed by atoms with Crippen LogP contribution in [0.2, 0.25) is 0 Å². The summed E-state index contributed by atoms with van der Waals surface area (Å²) in [6.45, 7) is 46.1. The predicted octanol–water partition coefficient (Wildman–Crippen LogP) is 30.7. The fourth-order valence-electron chi connectivity index (χ4n) is 19.8. The molecule has 670 valence electrons. The van der Waals surface area contributed by atoms with Crippen molar-refractivity contribution < 1.29 is 22.8 Å². The van der Waals surface area contributed by atoms with Gasteiger partial charge in [0.05, 0.1) is 0 Å². The zero-order valence-corrected chi connectivity index (χ0v) is 84.1. The Balaban J connectivity index is 0.000000135. The highest BCUT2D eigenvalue weighted by molar-refractivity contribution is 5.85. The summed E-state index contributed by atoms with van der Waals surface area (Å²) in [6, 6.07) is 112. The normalized spacial score (nSPS) is 10.9. The van der Waals surface area contributed by atoms with Crippen LogP contribution in [-0.2, 0) is 35.2 Å². The second-order valence-corrected chi connectivity index (χ2v) is 37.6.